The van der Waals surface area contributed by atoms with Crippen LogP contribution in [0.25, 0.3) is 0 Å². The van der Waals surface area contributed by atoms with Crippen molar-refractivity contribution in [3.63, 3.8) is 0 Å². The van der Waals surface area contributed by atoms with Gasteiger partial charge in [-0.3, -0.25) is 0 Å². The molecular formula is C26H24F5N. The molecule has 0 amide bonds. The zero-order valence-corrected chi connectivity index (χ0v) is 17.6. The average molecular weight is 445 g/mol. The van der Waals surface area contributed by atoms with Crippen LogP contribution in [0.5, 0.6) is 0 Å². The summed E-state index contributed by atoms with van der Waals surface area (Å²) in [5.74, 6) is -0.790. The third-order valence-electron chi connectivity index (χ3n) is 5.64. The first kappa shape index (κ1) is 23.5. The maximum Gasteiger partial charge on any atom is 0.416 e. The Kier molecular flexibility index (Phi) is 7.02. The van der Waals surface area contributed by atoms with Crippen molar-refractivity contribution in [2.24, 2.45) is 0 Å². The van der Waals surface area contributed by atoms with Crippen LogP contribution in [0.3, 0.4) is 0 Å². The standard InChI is InChI=1S/C26H24F5N/c1-3-25(2,19-7-9-20(10-8-19)26(29,30)31)16-4-5-18-6-15-23(28)24(17-18)32-22-13-11-21(27)12-14-22/h3,6-15,17,32H,1,4-5,16H2,2H3. The van der Waals surface area contributed by atoms with Crippen LogP contribution in [-0.4, -0.2) is 0 Å². The summed E-state index contributed by atoms with van der Waals surface area (Å²) in [6, 6.07) is 15.6. The molecule has 0 radical (unpaired) electrons. The minimum Gasteiger partial charge on any atom is -0.353 e. The van der Waals surface area contributed by atoms with Gasteiger partial charge < -0.3 is 5.32 Å². The summed E-state index contributed by atoms with van der Waals surface area (Å²) in [4.78, 5) is 0. The fourth-order valence-electron chi connectivity index (χ4n) is 3.58. The van der Waals surface area contributed by atoms with Gasteiger partial charge in [0.25, 0.3) is 0 Å². The van der Waals surface area contributed by atoms with Crippen LogP contribution in [0.2, 0.25) is 0 Å². The second kappa shape index (κ2) is 9.55. The number of halogens is 5. The predicted molar refractivity (Wildman–Crippen MR) is 118 cm³/mol. The van der Waals surface area contributed by atoms with Crippen LogP contribution in [0, 0.1) is 11.6 Å². The van der Waals surface area contributed by atoms with Gasteiger partial charge in [-0.15, -0.1) is 6.58 Å². The lowest BCUT2D eigenvalue weighted by molar-refractivity contribution is -0.137. The Balaban J connectivity index is 1.66. The molecule has 0 fully saturated rings. The molecule has 0 spiro atoms. The molecule has 168 valence electrons. The summed E-state index contributed by atoms with van der Waals surface area (Å²) in [7, 11) is 0. The van der Waals surface area contributed by atoms with E-state index in [9.17, 15) is 22.0 Å². The van der Waals surface area contributed by atoms with Crippen molar-refractivity contribution >= 4 is 11.4 Å². The molecule has 3 aromatic rings. The number of anilines is 2. The molecule has 0 aliphatic carbocycles. The van der Waals surface area contributed by atoms with Gasteiger partial charge in [0.1, 0.15) is 11.6 Å². The first-order chi connectivity index (χ1) is 15.1. The van der Waals surface area contributed by atoms with Crippen molar-refractivity contribution in [3.05, 3.63) is 108 Å². The van der Waals surface area contributed by atoms with E-state index in [1.165, 1.54) is 42.5 Å². The van der Waals surface area contributed by atoms with Gasteiger partial charge >= 0.3 is 6.18 Å². The Morgan fingerprint density at radius 1 is 0.875 bits per heavy atom. The summed E-state index contributed by atoms with van der Waals surface area (Å²) in [6.07, 6.45) is -0.569. The van der Waals surface area contributed by atoms with Gasteiger partial charge in [0.2, 0.25) is 0 Å². The maximum atomic E-state index is 14.2. The molecule has 0 aromatic heterocycles. The first-order valence-corrected chi connectivity index (χ1v) is 10.2. The number of alkyl halides is 3. The number of hydrogen-bond donors (Lipinski definition) is 1. The van der Waals surface area contributed by atoms with E-state index in [0.717, 1.165) is 29.7 Å². The fourth-order valence-corrected chi connectivity index (χ4v) is 3.58. The fraction of sp³-hybridized carbons (Fsp3) is 0.231. The number of nitrogens with one attached hydrogen (secondary N) is 1. The smallest absolute Gasteiger partial charge is 0.353 e. The van der Waals surface area contributed by atoms with E-state index in [1.54, 1.807) is 18.2 Å². The summed E-state index contributed by atoms with van der Waals surface area (Å²) < 4.78 is 65.8. The second-order valence-corrected chi connectivity index (χ2v) is 8.00. The van der Waals surface area contributed by atoms with E-state index in [1.807, 2.05) is 6.92 Å². The average Bonchev–Trinajstić information content (AvgIpc) is 2.77. The molecule has 0 aliphatic heterocycles. The molecule has 1 unspecified atom stereocenters. The Labute approximate surface area is 184 Å². The van der Waals surface area contributed by atoms with E-state index in [4.69, 9.17) is 0 Å². The van der Waals surface area contributed by atoms with Crippen LogP contribution in [0.15, 0.2) is 79.4 Å². The minimum atomic E-state index is -4.37. The van der Waals surface area contributed by atoms with E-state index in [-0.39, 0.29) is 5.82 Å². The zero-order chi connectivity index (χ0) is 23.4. The van der Waals surface area contributed by atoms with Crippen molar-refractivity contribution in [2.45, 2.75) is 37.8 Å². The molecule has 1 atom stereocenters. The van der Waals surface area contributed by atoms with Crippen LogP contribution in [0.1, 0.15) is 36.5 Å². The third-order valence-corrected chi connectivity index (χ3v) is 5.64. The Bertz CT molecular complexity index is 1060. The number of rotatable bonds is 8. The lowest BCUT2D eigenvalue weighted by Crippen LogP contribution is -2.19. The van der Waals surface area contributed by atoms with Crippen molar-refractivity contribution in [1.82, 2.24) is 0 Å². The second-order valence-electron chi connectivity index (χ2n) is 8.00. The highest BCUT2D eigenvalue weighted by molar-refractivity contribution is 5.60. The summed E-state index contributed by atoms with van der Waals surface area (Å²) in [6.45, 7) is 5.82. The summed E-state index contributed by atoms with van der Waals surface area (Å²) in [5, 5.41) is 2.95. The molecule has 32 heavy (non-hydrogen) atoms. The number of aryl methyl sites for hydroxylation is 1. The van der Waals surface area contributed by atoms with Gasteiger partial charge in [0.05, 0.1) is 11.3 Å². The van der Waals surface area contributed by atoms with Gasteiger partial charge in [-0.2, -0.15) is 13.2 Å². The SMILES string of the molecule is C=CC(C)(CCCc1ccc(F)c(Nc2ccc(F)cc2)c1)c1ccc(C(F)(F)F)cc1. The maximum absolute atomic E-state index is 14.2. The highest BCUT2D eigenvalue weighted by Gasteiger charge is 2.31. The van der Waals surface area contributed by atoms with Gasteiger partial charge in [0, 0.05) is 11.1 Å². The van der Waals surface area contributed by atoms with Crippen molar-refractivity contribution in [2.75, 3.05) is 5.32 Å². The number of allylic oxidation sites excluding steroid dienone is 1. The molecule has 0 saturated heterocycles. The molecule has 0 saturated carbocycles. The highest BCUT2D eigenvalue weighted by atomic mass is 19.4. The van der Waals surface area contributed by atoms with Crippen LogP contribution < -0.4 is 5.32 Å². The molecule has 6 heteroatoms. The molecule has 0 bridgehead atoms. The van der Waals surface area contributed by atoms with Gasteiger partial charge in [-0.25, -0.2) is 8.78 Å². The van der Waals surface area contributed by atoms with Gasteiger partial charge in [-0.05, 0) is 78.9 Å². The predicted octanol–water partition coefficient (Wildman–Crippen LogP) is 8.19. The normalized spacial score (nSPS) is 13.4. The summed E-state index contributed by atoms with van der Waals surface area (Å²) >= 11 is 0. The van der Waals surface area contributed by atoms with Crippen LogP contribution >= 0.6 is 0 Å². The first-order valence-electron chi connectivity index (χ1n) is 10.2. The molecule has 0 heterocycles. The Morgan fingerprint density at radius 3 is 2.09 bits per heavy atom. The highest BCUT2D eigenvalue weighted by Crippen LogP contribution is 2.35. The third kappa shape index (κ3) is 5.75. The van der Waals surface area contributed by atoms with Crippen molar-refractivity contribution < 1.29 is 22.0 Å². The molecule has 1 N–H and O–H groups in total. The number of hydrogen-bond acceptors (Lipinski definition) is 1. The Morgan fingerprint density at radius 2 is 1.50 bits per heavy atom. The van der Waals surface area contributed by atoms with Crippen molar-refractivity contribution in [3.8, 4) is 0 Å². The lowest BCUT2D eigenvalue weighted by atomic mass is 9.78. The number of benzene rings is 3. The van der Waals surface area contributed by atoms with E-state index in [2.05, 4.69) is 11.9 Å². The van der Waals surface area contributed by atoms with Crippen molar-refractivity contribution in [1.29, 1.82) is 0 Å². The van der Waals surface area contributed by atoms with Gasteiger partial charge in [-0.1, -0.05) is 31.2 Å². The minimum absolute atomic E-state index is 0.295. The van der Waals surface area contributed by atoms with Gasteiger partial charge in [0.15, 0.2) is 0 Å². The monoisotopic (exact) mass is 445 g/mol. The topological polar surface area (TPSA) is 12.0 Å². The molecule has 3 aromatic carbocycles. The molecule has 0 aliphatic rings. The van der Waals surface area contributed by atoms with E-state index < -0.39 is 23.0 Å². The van der Waals surface area contributed by atoms with Crippen LogP contribution in [0.4, 0.5) is 33.3 Å². The molecular weight excluding hydrogens is 421 g/mol. The lowest BCUT2D eigenvalue weighted by Gasteiger charge is -2.27. The quantitative estimate of drug-likeness (QED) is 0.272. The Hall–Kier alpha value is -3.15. The van der Waals surface area contributed by atoms with E-state index >= 15 is 0 Å². The van der Waals surface area contributed by atoms with Crippen LogP contribution in [-0.2, 0) is 18.0 Å². The largest absolute Gasteiger partial charge is 0.416 e. The molecule has 3 rings (SSSR count). The molecule has 1 nitrogen and oxygen atoms in total. The zero-order valence-electron chi connectivity index (χ0n) is 17.6. The van der Waals surface area contributed by atoms with E-state index in [0.29, 0.717) is 24.2 Å². The summed E-state index contributed by atoms with van der Waals surface area (Å²) in [5.41, 5.74) is 1.37.